The van der Waals surface area contributed by atoms with Crippen LogP contribution in [-0.2, 0) is 16.1 Å². The van der Waals surface area contributed by atoms with Crippen LogP contribution >= 0.6 is 0 Å². The Morgan fingerprint density at radius 3 is 2.78 bits per heavy atom. The molecule has 1 heterocycles. The quantitative estimate of drug-likeness (QED) is 0.939. The predicted molar refractivity (Wildman–Crippen MR) is 86.9 cm³/mol. The summed E-state index contributed by atoms with van der Waals surface area (Å²) in [4.78, 5) is 17.4. The standard InChI is InChI=1S/C18H17FN2O2/c1-2-12-6-8-15(9-7-12)20-18(22)17-11-16(21-23-17)13-4-3-5-14(19)10-13/h3-10,17H,2,11H2,1H3,(H,20,22). The molecule has 1 N–H and O–H groups in total. The first-order valence-corrected chi connectivity index (χ1v) is 7.54. The van der Waals surface area contributed by atoms with E-state index in [9.17, 15) is 9.18 Å². The van der Waals surface area contributed by atoms with E-state index in [1.807, 2.05) is 24.3 Å². The van der Waals surface area contributed by atoms with Gasteiger partial charge in [-0.1, -0.05) is 36.3 Å². The van der Waals surface area contributed by atoms with Crippen molar-refractivity contribution in [2.24, 2.45) is 5.16 Å². The lowest BCUT2D eigenvalue weighted by Crippen LogP contribution is -2.28. The van der Waals surface area contributed by atoms with Crippen LogP contribution in [0.2, 0.25) is 0 Å². The van der Waals surface area contributed by atoms with Crippen LogP contribution in [0.15, 0.2) is 53.7 Å². The molecule has 0 spiro atoms. The number of carbonyl (C=O) groups is 1. The number of benzene rings is 2. The van der Waals surface area contributed by atoms with Crippen molar-refractivity contribution >= 4 is 17.3 Å². The number of hydrogen-bond acceptors (Lipinski definition) is 3. The van der Waals surface area contributed by atoms with Gasteiger partial charge >= 0.3 is 0 Å². The minimum absolute atomic E-state index is 0.260. The average Bonchev–Trinajstić information content (AvgIpc) is 3.06. The molecule has 0 bridgehead atoms. The summed E-state index contributed by atoms with van der Waals surface area (Å²) in [6.07, 6.45) is 0.576. The van der Waals surface area contributed by atoms with Crippen LogP contribution in [0.5, 0.6) is 0 Å². The lowest BCUT2D eigenvalue weighted by Gasteiger charge is -2.10. The smallest absolute Gasteiger partial charge is 0.268 e. The highest BCUT2D eigenvalue weighted by molar-refractivity contribution is 6.06. The first-order chi connectivity index (χ1) is 11.2. The molecular formula is C18H17FN2O2. The molecular weight excluding hydrogens is 295 g/mol. The summed E-state index contributed by atoms with van der Waals surface area (Å²) in [5.41, 5.74) is 3.13. The Hall–Kier alpha value is -2.69. The Morgan fingerprint density at radius 2 is 2.09 bits per heavy atom. The molecule has 0 saturated carbocycles. The summed E-state index contributed by atoms with van der Waals surface area (Å²) in [5, 5.41) is 6.71. The highest BCUT2D eigenvalue weighted by Gasteiger charge is 2.29. The topological polar surface area (TPSA) is 50.7 Å². The summed E-state index contributed by atoms with van der Waals surface area (Å²) in [7, 11) is 0. The fourth-order valence-corrected chi connectivity index (χ4v) is 2.40. The Labute approximate surface area is 134 Å². The van der Waals surface area contributed by atoms with Gasteiger partial charge in [-0.3, -0.25) is 4.79 Å². The number of anilines is 1. The normalized spacial score (nSPS) is 16.6. The van der Waals surface area contributed by atoms with E-state index >= 15 is 0 Å². The molecule has 2 aromatic rings. The van der Waals surface area contributed by atoms with Crippen LogP contribution < -0.4 is 5.32 Å². The average molecular weight is 312 g/mol. The van der Waals surface area contributed by atoms with E-state index in [0.717, 1.165) is 12.1 Å². The van der Waals surface area contributed by atoms with Crippen molar-refractivity contribution < 1.29 is 14.0 Å². The van der Waals surface area contributed by atoms with Gasteiger partial charge in [0, 0.05) is 17.7 Å². The van der Waals surface area contributed by atoms with Crippen molar-refractivity contribution in [2.45, 2.75) is 25.9 Å². The second-order valence-electron chi connectivity index (χ2n) is 5.39. The third-order valence-electron chi connectivity index (χ3n) is 3.75. The SMILES string of the molecule is CCc1ccc(NC(=O)C2CC(c3cccc(F)c3)=NO2)cc1. The maximum Gasteiger partial charge on any atom is 0.268 e. The molecule has 0 saturated heterocycles. The van der Waals surface area contributed by atoms with Gasteiger partial charge in [0.25, 0.3) is 5.91 Å². The lowest BCUT2D eigenvalue weighted by molar-refractivity contribution is -0.125. The molecule has 118 valence electrons. The van der Waals surface area contributed by atoms with Crippen molar-refractivity contribution in [3.8, 4) is 0 Å². The molecule has 1 unspecified atom stereocenters. The predicted octanol–water partition coefficient (Wildman–Crippen LogP) is 3.52. The summed E-state index contributed by atoms with van der Waals surface area (Å²) in [5.74, 6) is -0.599. The first-order valence-electron chi connectivity index (χ1n) is 7.54. The number of oxime groups is 1. The molecule has 1 atom stereocenters. The third kappa shape index (κ3) is 3.56. The van der Waals surface area contributed by atoms with Crippen molar-refractivity contribution in [1.82, 2.24) is 0 Å². The molecule has 5 heteroatoms. The van der Waals surface area contributed by atoms with Gasteiger partial charge in [0.1, 0.15) is 5.82 Å². The van der Waals surface area contributed by atoms with E-state index in [4.69, 9.17) is 4.84 Å². The van der Waals surface area contributed by atoms with Gasteiger partial charge in [-0.25, -0.2) is 4.39 Å². The summed E-state index contributed by atoms with van der Waals surface area (Å²) >= 11 is 0. The van der Waals surface area contributed by atoms with Crippen LogP contribution in [-0.4, -0.2) is 17.7 Å². The van der Waals surface area contributed by atoms with Gasteiger partial charge < -0.3 is 10.2 Å². The summed E-state index contributed by atoms with van der Waals surface area (Å²) < 4.78 is 13.3. The zero-order chi connectivity index (χ0) is 16.2. The lowest BCUT2D eigenvalue weighted by atomic mass is 10.0. The van der Waals surface area contributed by atoms with E-state index in [2.05, 4.69) is 17.4 Å². The molecule has 23 heavy (non-hydrogen) atoms. The second kappa shape index (κ2) is 6.60. The number of nitrogens with one attached hydrogen (secondary N) is 1. The summed E-state index contributed by atoms with van der Waals surface area (Å²) in [6.45, 7) is 2.07. The Bertz CT molecular complexity index is 741. The third-order valence-corrected chi connectivity index (χ3v) is 3.75. The summed E-state index contributed by atoms with van der Waals surface area (Å²) in [6, 6.07) is 13.8. The Balaban J connectivity index is 1.62. The maximum absolute atomic E-state index is 13.3. The highest BCUT2D eigenvalue weighted by atomic mass is 19.1. The Morgan fingerprint density at radius 1 is 1.30 bits per heavy atom. The number of carbonyl (C=O) groups excluding carboxylic acids is 1. The van der Waals surface area contributed by atoms with Crippen molar-refractivity contribution in [3.05, 3.63) is 65.5 Å². The number of hydrogen-bond donors (Lipinski definition) is 1. The largest absolute Gasteiger partial charge is 0.382 e. The van der Waals surface area contributed by atoms with Gasteiger partial charge in [0.2, 0.25) is 6.10 Å². The van der Waals surface area contributed by atoms with Gasteiger partial charge in [0.15, 0.2) is 0 Å². The maximum atomic E-state index is 13.3. The fourth-order valence-electron chi connectivity index (χ4n) is 2.40. The number of nitrogens with zero attached hydrogens (tertiary/aromatic N) is 1. The number of rotatable bonds is 4. The van der Waals surface area contributed by atoms with Crippen LogP contribution in [0, 0.1) is 5.82 Å². The van der Waals surface area contributed by atoms with Crippen molar-refractivity contribution in [1.29, 1.82) is 0 Å². The molecule has 3 rings (SSSR count). The van der Waals surface area contributed by atoms with E-state index < -0.39 is 6.10 Å². The van der Waals surface area contributed by atoms with Crippen LogP contribution in [0.25, 0.3) is 0 Å². The second-order valence-corrected chi connectivity index (χ2v) is 5.39. The molecule has 1 aliphatic heterocycles. The van der Waals surface area contributed by atoms with Crippen molar-refractivity contribution in [3.63, 3.8) is 0 Å². The van der Waals surface area contributed by atoms with Gasteiger partial charge in [-0.2, -0.15) is 0 Å². The van der Waals surface area contributed by atoms with E-state index in [1.165, 1.54) is 17.7 Å². The molecule has 0 fully saturated rings. The van der Waals surface area contributed by atoms with Crippen molar-refractivity contribution in [2.75, 3.05) is 5.32 Å². The minimum Gasteiger partial charge on any atom is -0.382 e. The molecule has 4 nitrogen and oxygen atoms in total. The minimum atomic E-state index is -0.695. The van der Waals surface area contributed by atoms with Gasteiger partial charge in [0.05, 0.1) is 5.71 Å². The monoisotopic (exact) mass is 312 g/mol. The van der Waals surface area contributed by atoms with E-state index in [1.54, 1.807) is 12.1 Å². The van der Waals surface area contributed by atoms with E-state index in [0.29, 0.717) is 17.7 Å². The molecule has 0 radical (unpaired) electrons. The molecule has 0 aliphatic carbocycles. The van der Waals surface area contributed by atoms with Crippen LogP contribution in [0.3, 0.4) is 0 Å². The number of aryl methyl sites for hydroxylation is 1. The number of amides is 1. The van der Waals surface area contributed by atoms with Crippen LogP contribution in [0.1, 0.15) is 24.5 Å². The zero-order valence-corrected chi connectivity index (χ0v) is 12.8. The molecule has 1 amide bonds. The first kappa shape index (κ1) is 15.2. The zero-order valence-electron chi connectivity index (χ0n) is 12.8. The molecule has 2 aromatic carbocycles. The number of halogens is 1. The molecule has 1 aliphatic rings. The van der Waals surface area contributed by atoms with Gasteiger partial charge in [-0.05, 0) is 36.2 Å². The van der Waals surface area contributed by atoms with Gasteiger partial charge in [-0.15, -0.1) is 0 Å². The van der Waals surface area contributed by atoms with E-state index in [-0.39, 0.29) is 11.7 Å². The Kier molecular flexibility index (Phi) is 4.37. The fraction of sp³-hybridized carbons (Fsp3) is 0.222. The van der Waals surface area contributed by atoms with Crippen LogP contribution in [0.4, 0.5) is 10.1 Å². The highest BCUT2D eigenvalue weighted by Crippen LogP contribution is 2.19. The molecule has 0 aromatic heterocycles.